The Hall–Kier alpha value is -2.96. The van der Waals surface area contributed by atoms with Gasteiger partial charge in [-0.15, -0.1) is 0 Å². The Morgan fingerprint density at radius 2 is 1.14 bits per heavy atom. The van der Waals surface area contributed by atoms with Crippen LogP contribution in [0.15, 0.2) is 91.0 Å². The summed E-state index contributed by atoms with van der Waals surface area (Å²) in [6, 6.07) is 28.5. The maximum absolute atomic E-state index is 12.4. The lowest BCUT2D eigenvalue weighted by Gasteiger charge is -2.45. The predicted octanol–water partition coefficient (Wildman–Crippen LogP) is 2.44. The Morgan fingerprint density at radius 1 is 0.759 bits per heavy atom. The number of hydrogen-bond acceptors (Lipinski definition) is 4. The Bertz CT molecular complexity index is 1000. The van der Waals surface area contributed by atoms with Gasteiger partial charge in [-0.25, -0.2) is 8.42 Å². The van der Waals surface area contributed by atoms with Gasteiger partial charge in [-0.05, 0) is 16.7 Å². The highest BCUT2D eigenvalue weighted by Gasteiger charge is 2.50. The van der Waals surface area contributed by atoms with Crippen LogP contribution in [-0.4, -0.2) is 32.0 Å². The van der Waals surface area contributed by atoms with Crippen LogP contribution in [0.2, 0.25) is 0 Å². The molecular weight excluding hydrogens is 384 g/mol. The van der Waals surface area contributed by atoms with E-state index in [0.717, 1.165) is 22.9 Å². The zero-order valence-electron chi connectivity index (χ0n) is 15.9. The molecule has 0 saturated carbocycles. The summed E-state index contributed by atoms with van der Waals surface area (Å²) >= 11 is 0. The minimum atomic E-state index is -3.46. The van der Waals surface area contributed by atoms with E-state index in [0.29, 0.717) is 0 Å². The zero-order valence-corrected chi connectivity index (χ0v) is 16.8. The Morgan fingerprint density at radius 3 is 1.45 bits per heavy atom. The minimum Gasteiger partial charge on any atom is -0.336 e. The fraction of sp³-hybridized carbons (Fsp3) is 0.174. The molecule has 5 nitrogen and oxygen atoms in total. The number of sulfone groups is 1. The molecule has 1 aliphatic heterocycles. The molecule has 2 atom stereocenters. The summed E-state index contributed by atoms with van der Waals surface area (Å²) in [5, 5.41) is 4.98. The topological polar surface area (TPSA) is 75.3 Å². The second-order valence-electron chi connectivity index (χ2n) is 7.23. The van der Waals surface area contributed by atoms with Crippen LogP contribution in [0, 0.1) is 0 Å². The molecular formula is C23H22N2O3S. The first-order valence-corrected chi connectivity index (χ1v) is 11.3. The third-order valence-electron chi connectivity index (χ3n) is 5.32. The molecule has 0 bridgehead atoms. The van der Waals surface area contributed by atoms with Crippen LogP contribution in [0.25, 0.3) is 0 Å². The van der Waals surface area contributed by atoms with Gasteiger partial charge in [-0.2, -0.15) is 0 Å². The number of hydrogen-bond donors (Lipinski definition) is 2. The second-order valence-corrected chi connectivity index (χ2v) is 9.40. The normalized spacial score (nSPS) is 19.3. The van der Waals surface area contributed by atoms with E-state index in [2.05, 4.69) is 10.6 Å². The number of rotatable bonds is 6. The van der Waals surface area contributed by atoms with E-state index < -0.39 is 26.8 Å². The number of carbonyl (C=O) groups excluding carboxylic acids is 1. The van der Waals surface area contributed by atoms with E-state index in [-0.39, 0.29) is 5.91 Å². The molecule has 4 rings (SSSR count). The summed E-state index contributed by atoms with van der Waals surface area (Å²) in [7, 11) is -3.46. The van der Waals surface area contributed by atoms with Gasteiger partial charge in [0.25, 0.3) is 0 Å². The molecule has 0 radical (unpaired) electrons. The van der Waals surface area contributed by atoms with Crippen molar-refractivity contribution in [3.8, 4) is 0 Å². The lowest BCUT2D eigenvalue weighted by molar-refractivity contribution is -0.130. The Kier molecular flexibility index (Phi) is 4.98. The van der Waals surface area contributed by atoms with Crippen LogP contribution >= 0.6 is 0 Å². The molecule has 1 heterocycles. The first-order chi connectivity index (χ1) is 13.9. The van der Waals surface area contributed by atoms with Crippen molar-refractivity contribution in [3.63, 3.8) is 0 Å². The molecule has 29 heavy (non-hydrogen) atoms. The molecule has 6 heteroatoms. The van der Waals surface area contributed by atoms with Gasteiger partial charge in [0, 0.05) is 6.26 Å². The molecule has 1 aliphatic rings. The van der Waals surface area contributed by atoms with Crippen LogP contribution in [-0.2, 0) is 20.2 Å². The van der Waals surface area contributed by atoms with E-state index in [4.69, 9.17) is 0 Å². The number of β-lactam (4-membered cyclic amide) rings is 1. The van der Waals surface area contributed by atoms with Gasteiger partial charge in [0.15, 0.2) is 15.2 Å². The van der Waals surface area contributed by atoms with Crippen molar-refractivity contribution in [3.05, 3.63) is 108 Å². The van der Waals surface area contributed by atoms with Crippen molar-refractivity contribution in [2.24, 2.45) is 0 Å². The lowest BCUT2D eigenvalue weighted by atomic mass is 9.76. The zero-order chi connectivity index (χ0) is 20.5. The third kappa shape index (κ3) is 3.45. The summed E-state index contributed by atoms with van der Waals surface area (Å²) in [6.07, 6.45) is 1.14. The van der Waals surface area contributed by atoms with E-state index in [9.17, 15) is 13.2 Å². The predicted molar refractivity (Wildman–Crippen MR) is 113 cm³/mol. The SMILES string of the molecule is CS(=O)(=O)[C@H]1NC(=O)[C@H]1NC(c1ccccc1)(c1ccccc1)c1ccccc1. The van der Waals surface area contributed by atoms with Gasteiger partial charge in [-0.1, -0.05) is 91.0 Å². The van der Waals surface area contributed by atoms with Gasteiger partial charge >= 0.3 is 0 Å². The summed E-state index contributed by atoms with van der Waals surface area (Å²) in [5.41, 5.74) is 1.87. The monoisotopic (exact) mass is 406 g/mol. The van der Waals surface area contributed by atoms with Crippen molar-refractivity contribution in [2.45, 2.75) is 17.0 Å². The van der Waals surface area contributed by atoms with Gasteiger partial charge in [0.2, 0.25) is 5.91 Å². The fourth-order valence-electron chi connectivity index (χ4n) is 3.90. The van der Waals surface area contributed by atoms with Gasteiger partial charge in [-0.3, -0.25) is 10.1 Å². The van der Waals surface area contributed by atoms with Crippen LogP contribution in [0.4, 0.5) is 0 Å². The van der Waals surface area contributed by atoms with Crippen LogP contribution in [0.5, 0.6) is 0 Å². The Labute approximate surface area is 170 Å². The van der Waals surface area contributed by atoms with Gasteiger partial charge < -0.3 is 5.32 Å². The molecule has 0 aromatic heterocycles. The molecule has 1 amide bonds. The van der Waals surface area contributed by atoms with Crippen molar-refractivity contribution >= 4 is 15.7 Å². The van der Waals surface area contributed by atoms with Crippen LogP contribution in [0.3, 0.4) is 0 Å². The number of amides is 1. The van der Waals surface area contributed by atoms with Gasteiger partial charge in [0.05, 0.1) is 5.54 Å². The molecule has 3 aromatic carbocycles. The summed E-state index contributed by atoms with van der Waals surface area (Å²) in [6.45, 7) is 0. The van der Waals surface area contributed by atoms with E-state index in [1.165, 1.54) is 0 Å². The van der Waals surface area contributed by atoms with E-state index in [1.54, 1.807) is 0 Å². The summed E-state index contributed by atoms with van der Waals surface area (Å²) in [5.74, 6) is -0.326. The Balaban J connectivity index is 1.95. The van der Waals surface area contributed by atoms with Crippen LogP contribution < -0.4 is 10.6 Å². The van der Waals surface area contributed by atoms with E-state index >= 15 is 0 Å². The smallest absolute Gasteiger partial charge is 0.241 e. The number of nitrogens with one attached hydrogen (secondary N) is 2. The molecule has 0 unspecified atom stereocenters. The highest BCUT2D eigenvalue weighted by molar-refractivity contribution is 7.91. The summed E-state index contributed by atoms with van der Waals surface area (Å²) < 4.78 is 24.4. The standard InChI is InChI=1S/C23H22N2O3S/c1-29(27,28)22-20(21(26)24-22)25-23(17-11-5-2-6-12-17,18-13-7-3-8-14-18)19-15-9-4-10-16-19/h2-16,20,22,25H,1H3,(H,24,26)/t20-,22-/m1/s1. The first-order valence-electron chi connectivity index (χ1n) is 9.36. The summed E-state index contributed by atoms with van der Waals surface area (Å²) in [4.78, 5) is 12.4. The maximum atomic E-state index is 12.4. The minimum absolute atomic E-state index is 0.326. The van der Waals surface area contributed by atoms with E-state index in [1.807, 2.05) is 91.0 Å². The largest absolute Gasteiger partial charge is 0.336 e. The van der Waals surface area contributed by atoms with Crippen molar-refractivity contribution in [1.82, 2.24) is 10.6 Å². The quantitative estimate of drug-likeness (QED) is 0.487. The first kappa shape index (κ1) is 19.4. The van der Waals surface area contributed by atoms with Crippen LogP contribution in [0.1, 0.15) is 16.7 Å². The molecule has 1 saturated heterocycles. The second kappa shape index (κ2) is 7.46. The fourth-order valence-corrected chi connectivity index (χ4v) is 4.91. The highest BCUT2D eigenvalue weighted by Crippen LogP contribution is 2.38. The molecule has 1 fully saturated rings. The molecule has 0 spiro atoms. The van der Waals surface area contributed by atoms with Crippen molar-refractivity contribution < 1.29 is 13.2 Å². The van der Waals surface area contributed by atoms with Gasteiger partial charge in [0.1, 0.15) is 6.04 Å². The van der Waals surface area contributed by atoms with Crippen molar-refractivity contribution in [2.75, 3.05) is 6.26 Å². The molecule has 2 N–H and O–H groups in total. The number of carbonyl (C=O) groups is 1. The average Bonchev–Trinajstić information content (AvgIpc) is 2.74. The number of benzene rings is 3. The third-order valence-corrected chi connectivity index (χ3v) is 6.64. The van der Waals surface area contributed by atoms with Crippen molar-refractivity contribution in [1.29, 1.82) is 0 Å². The highest BCUT2D eigenvalue weighted by atomic mass is 32.2. The maximum Gasteiger partial charge on any atom is 0.241 e. The molecule has 0 aliphatic carbocycles. The average molecular weight is 407 g/mol. The molecule has 148 valence electrons. The molecule has 3 aromatic rings. The lowest BCUT2D eigenvalue weighted by Crippen LogP contribution is -2.73.